The molecule has 0 fully saturated rings. The van der Waals surface area contributed by atoms with Crippen LogP contribution in [0, 0.1) is 0 Å². The van der Waals surface area contributed by atoms with E-state index in [1.807, 2.05) is 0 Å². The maximum absolute atomic E-state index is 13.1. The summed E-state index contributed by atoms with van der Waals surface area (Å²) < 4.78 is 44.5. The fraction of sp³-hybridized carbons (Fsp3) is 0.533. The number of hydrogen-bond donors (Lipinski definition) is 1. The molecule has 0 spiro atoms. The fourth-order valence-corrected chi connectivity index (χ4v) is 2.88. The van der Waals surface area contributed by atoms with Crippen LogP contribution in [0.2, 0.25) is 0 Å². The monoisotopic (exact) mass is 317 g/mol. The van der Waals surface area contributed by atoms with E-state index in [9.17, 15) is 23.1 Å². The number of Topliss-reactive ketones (excluding diaryl/α,β-unsaturated/α-hetero) is 1. The minimum absolute atomic E-state index is 0.126. The van der Waals surface area contributed by atoms with Crippen molar-refractivity contribution >= 4 is 5.78 Å². The molecule has 0 aliphatic carbocycles. The highest BCUT2D eigenvalue weighted by atomic mass is 19.4. The van der Waals surface area contributed by atoms with Crippen molar-refractivity contribution in [3.63, 3.8) is 0 Å². The number of methoxy groups -OCH3 is 1. The van der Waals surface area contributed by atoms with Gasteiger partial charge in [-0.2, -0.15) is 13.2 Å². The number of carbonyl (C=O) groups is 1. The van der Waals surface area contributed by atoms with Crippen LogP contribution in [0.5, 0.6) is 5.75 Å². The van der Waals surface area contributed by atoms with Gasteiger partial charge in [0.2, 0.25) is 0 Å². The van der Waals surface area contributed by atoms with Crippen LogP contribution in [-0.2, 0) is 16.6 Å². The van der Waals surface area contributed by atoms with Gasteiger partial charge in [-0.3, -0.25) is 4.79 Å². The number of ketones is 1. The number of hydrogen-bond acceptors (Lipinski definition) is 4. The molecule has 1 aliphatic rings. The number of ether oxygens (including phenoxy) is 1. The number of carbonyl (C=O) groups excluding carboxylic acids is 1. The second-order valence-corrected chi connectivity index (χ2v) is 5.46. The van der Waals surface area contributed by atoms with Gasteiger partial charge < -0.3 is 9.84 Å². The Kier molecular flexibility index (Phi) is 4.49. The van der Waals surface area contributed by atoms with Crippen molar-refractivity contribution in [2.45, 2.75) is 25.1 Å². The van der Waals surface area contributed by atoms with Crippen LogP contribution in [0.3, 0.4) is 0 Å². The molecule has 1 heterocycles. The lowest BCUT2D eigenvalue weighted by molar-refractivity contribution is -0.248. The summed E-state index contributed by atoms with van der Waals surface area (Å²) in [5, 5.41) is 9.75. The molecule has 1 aromatic rings. The lowest BCUT2D eigenvalue weighted by atomic mass is 9.75. The SMILES string of the molecule is COc1ccc2c(c1)CCN(C(F)(F)F)CC2(CO)C(C)=O. The number of benzene rings is 1. The highest BCUT2D eigenvalue weighted by molar-refractivity contribution is 5.89. The third-order valence-electron chi connectivity index (χ3n) is 4.24. The van der Waals surface area contributed by atoms with E-state index in [4.69, 9.17) is 4.74 Å². The molecule has 4 nitrogen and oxygen atoms in total. The summed E-state index contributed by atoms with van der Waals surface area (Å²) >= 11 is 0. The number of nitrogens with zero attached hydrogens (tertiary/aromatic N) is 1. The Hall–Kier alpha value is -1.60. The summed E-state index contributed by atoms with van der Waals surface area (Å²) in [6.45, 7) is -0.307. The first-order chi connectivity index (χ1) is 10.2. The summed E-state index contributed by atoms with van der Waals surface area (Å²) in [4.78, 5) is 12.4. The van der Waals surface area contributed by atoms with Crippen LogP contribution in [0.4, 0.5) is 13.2 Å². The van der Waals surface area contributed by atoms with E-state index in [0.29, 0.717) is 16.9 Å². The van der Waals surface area contributed by atoms with Crippen molar-refractivity contribution in [2.24, 2.45) is 0 Å². The first-order valence-electron chi connectivity index (χ1n) is 6.85. The van der Waals surface area contributed by atoms with E-state index < -0.39 is 30.7 Å². The predicted molar refractivity (Wildman–Crippen MR) is 73.8 cm³/mol. The smallest absolute Gasteiger partial charge is 0.459 e. The Balaban J connectivity index is 2.59. The average Bonchev–Trinajstić information content (AvgIpc) is 2.63. The number of aliphatic hydroxyl groups excluding tert-OH is 1. The van der Waals surface area contributed by atoms with Crippen molar-refractivity contribution in [3.05, 3.63) is 29.3 Å². The molecule has 122 valence electrons. The zero-order chi connectivity index (χ0) is 16.5. The summed E-state index contributed by atoms with van der Waals surface area (Å²) in [6, 6.07) is 4.80. The molecule has 0 saturated heterocycles. The van der Waals surface area contributed by atoms with Crippen LogP contribution in [-0.4, -0.2) is 48.9 Å². The Bertz CT molecular complexity index is 574. The molecular formula is C15H18F3NO3. The molecular weight excluding hydrogens is 299 g/mol. The van der Waals surface area contributed by atoms with Crippen LogP contribution < -0.4 is 4.74 Å². The molecule has 0 radical (unpaired) electrons. The molecule has 0 saturated carbocycles. The van der Waals surface area contributed by atoms with Gasteiger partial charge in [-0.1, -0.05) is 6.07 Å². The third kappa shape index (κ3) is 2.83. The molecule has 1 unspecified atom stereocenters. The number of fused-ring (bicyclic) bond motifs is 1. The minimum atomic E-state index is -4.55. The van der Waals surface area contributed by atoms with Crippen LogP contribution in [0.25, 0.3) is 0 Å². The van der Waals surface area contributed by atoms with Crippen LogP contribution in [0.15, 0.2) is 18.2 Å². The minimum Gasteiger partial charge on any atom is -0.497 e. The standard InChI is InChI=1S/C15H18F3NO3/c1-10(21)14(9-20)8-19(15(16,17)18)6-5-11-7-12(22-2)3-4-13(11)14/h3-4,7,20H,5-6,8-9H2,1-2H3. The lowest BCUT2D eigenvalue weighted by Gasteiger charge is -2.34. The number of aliphatic hydroxyl groups is 1. The van der Waals surface area contributed by atoms with Gasteiger partial charge in [0, 0.05) is 13.1 Å². The van der Waals surface area contributed by atoms with Crippen molar-refractivity contribution in [3.8, 4) is 5.75 Å². The molecule has 1 aromatic carbocycles. The van der Waals surface area contributed by atoms with Gasteiger partial charge in [0.15, 0.2) is 0 Å². The first-order valence-corrected chi connectivity index (χ1v) is 6.85. The van der Waals surface area contributed by atoms with E-state index in [1.165, 1.54) is 14.0 Å². The topological polar surface area (TPSA) is 49.8 Å². The van der Waals surface area contributed by atoms with Crippen LogP contribution in [0.1, 0.15) is 18.1 Å². The van der Waals surface area contributed by atoms with Gasteiger partial charge in [-0.15, -0.1) is 0 Å². The van der Waals surface area contributed by atoms with Crippen molar-refractivity contribution in [1.29, 1.82) is 0 Å². The van der Waals surface area contributed by atoms with Gasteiger partial charge in [0.25, 0.3) is 0 Å². The third-order valence-corrected chi connectivity index (χ3v) is 4.24. The average molecular weight is 317 g/mol. The lowest BCUT2D eigenvalue weighted by Crippen LogP contribution is -2.51. The number of rotatable bonds is 3. The molecule has 0 bridgehead atoms. The largest absolute Gasteiger partial charge is 0.497 e. The Labute approximate surface area is 126 Å². The van der Waals surface area contributed by atoms with E-state index in [2.05, 4.69) is 0 Å². The maximum atomic E-state index is 13.1. The summed E-state index contributed by atoms with van der Waals surface area (Å²) in [7, 11) is 1.46. The quantitative estimate of drug-likeness (QED) is 0.865. The second kappa shape index (κ2) is 5.89. The molecule has 0 amide bonds. The highest BCUT2D eigenvalue weighted by Gasteiger charge is 2.48. The summed E-state index contributed by atoms with van der Waals surface area (Å²) in [5.41, 5.74) is -0.543. The van der Waals surface area contributed by atoms with Gasteiger partial charge in [-0.05, 0) is 36.6 Å². The Morgan fingerprint density at radius 2 is 2.14 bits per heavy atom. The number of alkyl halides is 3. The van der Waals surface area contributed by atoms with Gasteiger partial charge >= 0.3 is 6.30 Å². The zero-order valence-corrected chi connectivity index (χ0v) is 12.4. The first kappa shape index (κ1) is 16.8. The van der Waals surface area contributed by atoms with E-state index in [-0.39, 0.29) is 17.9 Å². The molecule has 1 N–H and O–H groups in total. The van der Waals surface area contributed by atoms with Crippen molar-refractivity contribution < 1.29 is 27.8 Å². The predicted octanol–water partition coefficient (Wildman–Crippen LogP) is 1.89. The van der Waals surface area contributed by atoms with E-state index >= 15 is 0 Å². The van der Waals surface area contributed by atoms with Crippen molar-refractivity contribution in [1.82, 2.24) is 4.90 Å². The molecule has 7 heteroatoms. The van der Waals surface area contributed by atoms with E-state index in [1.54, 1.807) is 18.2 Å². The number of halogens is 3. The highest BCUT2D eigenvalue weighted by Crippen LogP contribution is 2.37. The Morgan fingerprint density at radius 3 is 2.64 bits per heavy atom. The molecule has 2 rings (SSSR count). The Morgan fingerprint density at radius 1 is 1.45 bits per heavy atom. The molecule has 22 heavy (non-hydrogen) atoms. The summed E-state index contributed by atoms with van der Waals surface area (Å²) in [5.74, 6) is 0.0205. The zero-order valence-electron chi connectivity index (χ0n) is 12.4. The maximum Gasteiger partial charge on any atom is 0.459 e. The molecule has 1 aliphatic heterocycles. The summed E-state index contributed by atoms with van der Waals surface area (Å²) in [6.07, 6.45) is -4.43. The van der Waals surface area contributed by atoms with Crippen LogP contribution >= 0.6 is 0 Å². The van der Waals surface area contributed by atoms with Gasteiger partial charge in [-0.25, -0.2) is 4.90 Å². The molecule has 1 atom stereocenters. The normalized spacial score (nSPS) is 22.8. The van der Waals surface area contributed by atoms with Crippen molar-refractivity contribution in [2.75, 3.05) is 26.8 Å². The second-order valence-electron chi connectivity index (χ2n) is 5.46. The van der Waals surface area contributed by atoms with Gasteiger partial charge in [0.05, 0.1) is 19.1 Å². The van der Waals surface area contributed by atoms with Gasteiger partial charge in [0.1, 0.15) is 11.5 Å². The molecule has 0 aromatic heterocycles. The van der Waals surface area contributed by atoms with E-state index in [0.717, 1.165) is 0 Å². The fourth-order valence-electron chi connectivity index (χ4n) is 2.88.